The van der Waals surface area contributed by atoms with Gasteiger partial charge in [-0.2, -0.15) is 0 Å². The first kappa shape index (κ1) is 12.2. The number of aromatic nitrogens is 1. The molecular weight excluding hydrogens is 240 g/mol. The molecule has 1 N–H and O–H groups in total. The molecule has 0 atom stereocenters. The lowest BCUT2D eigenvalue weighted by molar-refractivity contribution is 0.103. The third-order valence-corrected chi connectivity index (χ3v) is 2.42. The third kappa shape index (κ3) is 2.34. The van der Waals surface area contributed by atoms with Crippen LogP contribution in [0.15, 0.2) is 42.6 Å². The van der Waals surface area contributed by atoms with E-state index in [1.165, 1.54) is 18.3 Å². The summed E-state index contributed by atoms with van der Waals surface area (Å²) >= 11 is 0. The molecule has 0 aliphatic rings. The minimum atomic E-state index is -2.69. The fourth-order valence-corrected chi connectivity index (χ4v) is 1.51. The molecule has 0 amide bonds. The Hall–Kier alpha value is -2.30. The van der Waals surface area contributed by atoms with Crippen molar-refractivity contribution in [2.24, 2.45) is 0 Å². The predicted octanol–water partition coefficient (Wildman–Crippen LogP) is 2.96. The first-order valence-corrected chi connectivity index (χ1v) is 5.16. The fourth-order valence-electron chi connectivity index (χ4n) is 1.51. The van der Waals surface area contributed by atoms with E-state index in [1.54, 1.807) is 12.1 Å². The molecule has 3 nitrogen and oxygen atoms in total. The molecule has 0 spiro atoms. The average molecular weight is 249 g/mol. The molecule has 0 saturated carbocycles. The van der Waals surface area contributed by atoms with Crippen LogP contribution in [0.1, 0.15) is 28.0 Å². The van der Waals surface area contributed by atoms with Crippen molar-refractivity contribution in [3.8, 4) is 5.75 Å². The summed E-state index contributed by atoms with van der Waals surface area (Å²) in [7, 11) is 0. The van der Waals surface area contributed by atoms with Crippen LogP contribution in [0, 0.1) is 0 Å². The number of hydrogen-bond acceptors (Lipinski definition) is 3. The number of pyridine rings is 1. The van der Waals surface area contributed by atoms with Crippen LogP contribution in [0.2, 0.25) is 0 Å². The van der Waals surface area contributed by atoms with E-state index in [9.17, 15) is 18.7 Å². The number of carbonyl (C=O) groups is 1. The van der Waals surface area contributed by atoms with Crippen LogP contribution in [0.25, 0.3) is 0 Å². The lowest BCUT2D eigenvalue weighted by atomic mass is 10.0. The Kier molecular flexibility index (Phi) is 3.32. The van der Waals surface area contributed by atoms with Gasteiger partial charge in [0, 0.05) is 11.8 Å². The maximum atomic E-state index is 12.4. The van der Waals surface area contributed by atoms with Gasteiger partial charge in [0.25, 0.3) is 6.43 Å². The Morgan fingerprint density at radius 1 is 1.22 bits per heavy atom. The Bertz CT molecular complexity index is 570. The van der Waals surface area contributed by atoms with Gasteiger partial charge in [0.05, 0.1) is 5.56 Å². The highest BCUT2D eigenvalue weighted by Gasteiger charge is 2.17. The molecule has 18 heavy (non-hydrogen) atoms. The van der Waals surface area contributed by atoms with E-state index in [2.05, 4.69) is 4.98 Å². The number of nitrogens with zero attached hydrogens (tertiary/aromatic N) is 1. The van der Waals surface area contributed by atoms with Crippen LogP contribution in [0.4, 0.5) is 8.78 Å². The number of phenols is 1. The number of carbonyl (C=O) groups excluding carboxylic acids is 1. The summed E-state index contributed by atoms with van der Waals surface area (Å²) in [4.78, 5) is 15.8. The lowest BCUT2D eigenvalue weighted by Gasteiger charge is -2.05. The molecule has 0 aliphatic carbocycles. The van der Waals surface area contributed by atoms with Gasteiger partial charge in [-0.25, -0.2) is 8.78 Å². The average Bonchev–Trinajstić information content (AvgIpc) is 2.38. The summed E-state index contributed by atoms with van der Waals surface area (Å²) in [6.07, 6.45) is -1.24. The van der Waals surface area contributed by atoms with Crippen LogP contribution >= 0.6 is 0 Å². The van der Waals surface area contributed by atoms with E-state index in [1.807, 2.05) is 0 Å². The number of halogens is 2. The van der Waals surface area contributed by atoms with Gasteiger partial charge in [0.15, 0.2) is 0 Å². The number of alkyl halides is 2. The normalized spacial score (nSPS) is 10.6. The molecule has 0 aliphatic heterocycles. The van der Waals surface area contributed by atoms with E-state index in [0.29, 0.717) is 0 Å². The van der Waals surface area contributed by atoms with E-state index < -0.39 is 18.0 Å². The van der Waals surface area contributed by atoms with Crippen molar-refractivity contribution in [1.82, 2.24) is 4.98 Å². The van der Waals surface area contributed by atoms with Gasteiger partial charge < -0.3 is 5.11 Å². The summed E-state index contributed by atoms with van der Waals surface area (Å²) < 4.78 is 24.8. The van der Waals surface area contributed by atoms with Crippen LogP contribution < -0.4 is 0 Å². The van der Waals surface area contributed by atoms with Crippen molar-refractivity contribution in [1.29, 1.82) is 0 Å². The smallest absolute Gasteiger partial charge is 0.263 e. The molecule has 2 rings (SSSR count). The van der Waals surface area contributed by atoms with E-state index in [4.69, 9.17) is 0 Å². The second kappa shape index (κ2) is 4.91. The molecule has 1 aromatic carbocycles. The minimum absolute atomic E-state index is 0.0434. The molecule has 1 heterocycles. The van der Waals surface area contributed by atoms with Crippen molar-refractivity contribution in [3.05, 3.63) is 59.4 Å². The molecular formula is C13H9F2NO2. The van der Waals surface area contributed by atoms with Crippen LogP contribution in [-0.4, -0.2) is 15.9 Å². The second-order valence-corrected chi connectivity index (χ2v) is 3.62. The van der Waals surface area contributed by atoms with E-state index in [0.717, 1.165) is 12.1 Å². The zero-order valence-electron chi connectivity index (χ0n) is 9.18. The first-order valence-electron chi connectivity index (χ1n) is 5.16. The van der Waals surface area contributed by atoms with Crippen LogP contribution in [0.5, 0.6) is 5.75 Å². The molecule has 5 heteroatoms. The quantitative estimate of drug-likeness (QED) is 0.851. The number of rotatable bonds is 3. The summed E-state index contributed by atoms with van der Waals surface area (Å²) in [6.45, 7) is 0. The maximum Gasteiger partial charge on any atom is 0.263 e. The number of aromatic hydroxyl groups is 1. The summed E-state index contributed by atoms with van der Waals surface area (Å²) in [5.74, 6) is -0.975. The largest absolute Gasteiger partial charge is 0.507 e. The Balaban J connectivity index is 2.38. The van der Waals surface area contributed by atoms with Crippen molar-refractivity contribution in [2.75, 3.05) is 0 Å². The first-order chi connectivity index (χ1) is 8.59. The van der Waals surface area contributed by atoms with E-state index >= 15 is 0 Å². The molecule has 0 unspecified atom stereocenters. The van der Waals surface area contributed by atoms with Crippen LogP contribution in [0.3, 0.4) is 0 Å². The number of phenolic OH excluding ortho intramolecular Hbond substituents is 1. The van der Waals surface area contributed by atoms with Gasteiger partial charge >= 0.3 is 0 Å². The SMILES string of the molecule is O=C(c1ccccn1)c1ccc(C(F)F)cc1O. The zero-order valence-corrected chi connectivity index (χ0v) is 9.18. The number of hydrogen-bond donors (Lipinski definition) is 1. The second-order valence-electron chi connectivity index (χ2n) is 3.62. The Morgan fingerprint density at radius 3 is 2.56 bits per heavy atom. The highest BCUT2D eigenvalue weighted by Crippen LogP contribution is 2.26. The van der Waals surface area contributed by atoms with Crippen molar-refractivity contribution < 1.29 is 18.7 Å². The van der Waals surface area contributed by atoms with Crippen molar-refractivity contribution in [2.45, 2.75) is 6.43 Å². The Morgan fingerprint density at radius 2 is 2.00 bits per heavy atom. The molecule has 0 saturated heterocycles. The maximum absolute atomic E-state index is 12.4. The summed E-state index contributed by atoms with van der Waals surface area (Å²) in [6, 6.07) is 7.94. The van der Waals surface area contributed by atoms with Gasteiger partial charge in [0.2, 0.25) is 5.78 Å². The number of ketones is 1. The number of benzene rings is 1. The van der Waals surface area contributed by atoms with Crippen LogP contribution in [-0.2, 0) is 0 Å². The predicted molar refractivity (Wildman–Crippen MR) is 60.7 cm³/mol. The zero-order chi connectivity index (χ0) is 13.1. The van der Waals surface area contributed by atoms with Gasteiger partial charge in [-0.05, 0) is 24.3 Å². The van der Waals surface area contributed by atoms with Gasteiger partial charge in [-0.1, -0.05) is 12.1 Å². The molecule has 1 aromatic heterocycles. The topological polar surface area (TPSA) is 50.2 Å². The Labute approximate surface area is 102 Å². The molecule has 0 radical (unpaired) electrons. The molecule has 2 aromatic rings. The van der Waals surface area contributed by atoms with Gasteiger partial charge in [0.1, 0.15) is 11.4 Å². The highest BCUT2D eigenvalue weighted by molar-refractivity contribution is 6.09. The van der Waals surface area contributed by atoms with Gasteiger partial charge in [-0.15, -0.1) is 0 Å². The molecule has 92 valence electrons. The lowest BCUT2D eigenvalue weighted by Crippen LogP contribution is -2.04. The minimum Gasteiger partial charge on any atom is -0.507 e. The van der Waals surface area contributed by atoms with Crippen molar-refractivity contribution in [3.63, 3.8) is 0 Å². The highest BCUT2D eigenvalue weighted by atomic mass is 19.3. The fraction of sp³-hybridized carbons (Fsp3) is 0.0769. The molecule has 0 bridgehead atoms. The summed E-state index contributed by atoms with van der Waals surface area (Å²) in [5, 5.41) is 9.59. The standard InChI is InChI=1S/C13H9F2NO2/c14-13(15)8-4-5-9(11(17)7-8)12(18)10-3-1-2-6-16-10/h1-7,13,17H. The third-order valence-electron chi connectivity index (χ3n) is 2.42. The molecule has 0 fully saturated rings. The van der Waals surface area contributed by atoms with Gasteiger partial charge in [-0.3, -0.25) is 9.78 Å². The van der Waals surface area contributed by atoms with E-state index in [-0.39, 0.29) is 16.8 Å². The monoisotopic (exact) mass is 249 g/mol. The van der Waals surface area contributed by atoms with Crippen molar-refractivity contribution >= 4 is 5.78 Å². The summed E-state index contributed by atoms with van der Waals surface area (Å²) in [5.41, 5.74) is -0.222.